The SMILES string of the molecule is C1CCOC1.COC(=O)Cn1c(-c2ccc(O)cc2)c(C2CCCCC2)c2ccc(C(=O)OC)cc21.COC(=O)Cn1c(-c2ccc(OCc3cc(N4CCCC4=O)ccc3N3CCN(S(C)(=O)=O)CC3)cc2)c(C2CCCCC2)c2ccc(C(=O)OC)cc21.CS(=O)(=O)N1CCN(c2ccc(N3CCCC3=O)cc2CO)CC1. The molecule has 0 radical (unpaired) electrons. The van der Waals surface area contributed by atoms with Crippen LogP contribution in [0.4, 0.5) is 22.7 Å². The summed E-state index contributed by atoms with van der Waals surface area (Å²) in [6.45, 7) is 7.45. The summed E-state index contributed by atoms with van der Waals surface area (Å²) in [6, 6.07) is 37.7. The van der Waals surface area contributed by atoms with Gasteiger partial charge in [-0.2, -0.15) is 8.61 Å². The first-order valence-electron chi connectivity index (χ1n) is 39.6. The van der Waals surface area contributed by atoms with Crippen LogP contribution in [0.3, 0.4) is 0 Å². The zero-order chi connectivity index (χ0) is 80.8. The van der Waals surface area contributed by atoms with Crippen molar-refractivity contribution in [3.63, 3.8) is 0 Å². The number of fused-ring (bicyclic) bond motifs is 2. The second-order valence-corrected chi connectivity index (χ2v) is 34.0. The molecule has 0 spiro atoms. The van der Waals surface area contributed by atoms with Crippen molar-refractivity contribution >= 4 is 100 Å². The van der Waals surface area contributed by atoms with E-state index >= 15 is 0 Å². The number of benzene rings is 6. The van der Waals surface area contributed by atoms with E-state index in [2.05, 4.69) is 9.80 Å². The average Bonchev–Trinajstić information content (AvgIpc) is 1.59. The molecule has 2 N–H and O–H groups in total. The molecule has 6 aromatic carbocycles. The van der Waals surface area contributed by atoms with Gasteiger partial charge in [-0.1, -0.05) is 50.7 Å². The molecular weight excluding hydrogens is 1500 g/mol. The predicted molar refractivity (Wildman–Crippen MR) is 438 cm³/mol. The molecule has 28 heteroatoms. The number of phenolic OH excluding ortho intramolecular Hbond substituents is 1. The second kappa shape index (κ2) is 38.1. The number of piperazine rings is 2. The Morgan fingerprint density at radius 2 is 0.877 bits per heavy atom. The number of phenols is 1. The highest BCUT2D eigenvalue weighted by molar-refractivity contribution is 7.88. The van der Waals surface area contributed by atoms with Crippen LogP contribution in [0.1, 0.15) is 158 Å². The highest BCUT2D eigenvalue weighted by Crippen LogP contribution is 2.47. The van der Waals surface area contributed by atoms with Gasteiger partial charge in [-0.3, -0.25) is 19.2 Å². The lowest BCUT2D eigenvalue weighted by Crippen LogP contribution is -2.48. The molecule has 5 aliphatic heterocycles. The van der Waals surface area contributed by atoms with Crippen LogP contribution >= 0.6 is 0 Å². The van der Waals surface area contributed by atoms with Gasteiger partial charge in [0.15, 0.2) is 0 Å². The molecule has 2 aliphatic carbocycles. The predicted octanol–water partition coefficient (Wildman–Crippen LogP) is 12.3. The molecule has 2 amide bonds. The Morgan fingerprint density at radius 1 is 0.465 bits per heavy atom. The van der Waals surface area contributed by atoms with Gasteiger partial charge in [-0.15, -0.1) is 0 Å². The largest absolute Gasteiger partial charge is 0.508 e. The lowest BCUT2D eigenvalue weighted by Gasteiger charge is -2.36. The molecule has 2 aromatic heterocycles. The Kier molecular flexibility index (Phi) is 27.9. The van der Waals surface area contributed by atoms with Crippen molar-refractivity contribution in [1.82, 2.24) is 17.7 Å². The van der Waals surface area contributed by atoms with Crippen LogP contribution in [0.5, 0.6) is 11.5 Å². The van der Waals surface area contributed by atoms with Gasteiger partial charge in [0.25, 0.3) is 0 Å². The molecule has 0 atom stereocenters. The number of sulfonamides is 2. The molecule has 7 heterocycles. The van der Waals surface area contributed by atoms with E-state index in [1.54, 1.807) is 41.3 Å². The van der Waals surface area contributed by atoms with Crippen molar-refractivity contribution < 1.29 is 84.2 Å². The van der Waals surface area contributed by atoms with Crippen molar-refractivity contribution in [3.05, 3.63) is 155 Å². The van der Waals surface area contributed by atoms with Gasteiger partial charge in [0, 0.05) is 136 Å². The van der Waals surface area contributed by atoms with E-state index in [0.29, 0.717) is 100 Å². The van der Waals surface area contributed by atoms with Crippen LogP contribution in [0, 0.1) is 0 Å². The zero-order valence-electron chi connectivity index (χ0n) is 66.1. The van der Waals surface area contributed by atoms with Crippen LogP contribution in [0.15, 0.2) is 121 Å². The third-order valence-electron chi connectivity index (χ3n) is 22.8. The number of aliphatic hydroxyl groups excluding tert-OH is 1. The van der Waals surface area contributed by atoms with Crippen molar-refractivity contribution in [2.45, 2.75) is 141 Å². The molecule has 2 saturated carbocycles. The minimum atomic E-state index is -3.27. The number of nitrogens with zero attached hydrogens (tertiary/aromatic N) is 8. The van der Waals surface area contributed by atoms with E-state index in [1.807, 2.05) is 99.0 Å². The third-order valence-corrected chi connectivity index (χ3v) is 25.4. The standard InChI is InChI=1S/C41H48N4O8S.C25H27NO5.C16H23N3O4S.C4H8O/c1-51-38(47)26-45-36-25-30(41(48)52-2)13-17-34(36)39(28-8-5-4-6-9-28)40(45)29-11-15-33(16-12-29)53-27-31-24-32(44-19-7-10-37(44)46)14-18-35(31)42-20-22-43(23-21-42)54(3,49)50;1-30-22(28)15-26-21-14-18(25(29)31-2)10-13-20(21)23(16-6-4-3-5-7-16)24(26)17-8-11-19(27)12-9-17;1-24(22,23)18-9-7-17(8-10-18)15-5-4-14(11-13(15)12-20)19-6-2-3-16(19)21;1-2-4-5-3-1/h11-18,24-25,28H,4-10,19-23,26-27H2,1-3H3;8-14,16,27H,3-7,15H2,1-2H3;4-5,11,20H,2-3,6-10,12H2,1H3;1-4H2. The summed E-state index contributed by atoms with van der Waals surface area (Å²) in [5.74, 6) is 0.0990. The quantitative estimate of drug-likeness (QED) is 0.0529. The second-order valence-electron chi connectivity index (χ2n) is 30.0. The maximum absolute atomic E-state index is 12.9. The minimum absolute atomic E-state index is 0.0188. The molecule has 5 saturated heterocycles. The fourth-order valence-corrected chi connectivity index (χ4v) is 18.5. The number of methoxy groups -OCH3 is 4. The fraction of sp³-hybridized carbons (Fsp3) is 0.465. The van der Waals surface area contributed by atoms with Gasteiger partial charge >= 0.3 is 23.9 Å². The van der Waals surface area contributed by atoms with Gasteiger partial charge in [0.1, 0.15) is 31.2 Å². The van der Waals surface area contributed by atoms with Crippen LogP contribution in [-0.2, 0) is 89.2 Å². The lowest BCUT2D eigenvalue weighted by atomic mass is 9.82. The van der Waals surface area contributed by atoms with Crippen molar-refractivity contribution in [1.29, 1.82) is 0 Å². The van der Waals surface area contributed by atoms with E-state index in [4.69, 9.17) is 28.4 Å². The Balaban J connectivity index is 0.000000168. The Bertz CT molecular complexity index is 4990. The molecule has 7 aliphatic rings. The number of esters is 4. The number of anilines is 4. The summed E-state index contributed by atoms with van der Waals surface area (Å²) < 4.78 is 85.9. The van der Waals surface area contributed by atoms with Gasteiger partial charge < -0.3 is 67.4 Å². The minimum Gasteiger partial charge on any atom is -0.508 e. The first-order valence-corrected chi connectivity index (χ1v) is 43.3. The summed E-state index contributed by atoms with van der Waals surface area (Å²) in [5.41, 5.74) is 13.7. The first-order chi connectivity index (χ1) is 55.0. The molecule has 610 valence electrons. The topological polar surface area (TPSA) is 296 Å². The van der Waals surface area contributed by atoms with Gasteiger partial charge in [-0.25, -0.2) is 26.4 Å². The maximum Gasteiger partial charge on any atom is 0.337 e. The molecular formula is C86H106N8O18S2. The monoisotopic (exact) mass is 1600 g/mol. The Morgan fingerprint density at radius 3 is 1.25 bits per heavy atom. The Hall–Kier alpha value is -9.84. The van der Waals surface area contributed by atoms with Crippen molar-refractivity contribution in [2.24, 2.45) is 0 Å². The number of rotatable bonds is 20. The number of carbonyl (C=O) groups excluding carboxylic acids is 6. The fourth-order valence-electron chi connectivity index (χ4n) is 16.9. The zero-order valence-corrected chi connectivity index (χ0v) is 67.8. The van der Waals surface area contributed by atoms with Gasteiger partial charge in [0.05, 0.1) is 81.1 Å². The van der Waals surface area contributed by atoms with E-state index < -0.39 is 38.0 Å². The van der Waals surface area contributed by atoms with Crippen LogP contribution < -0.4 is 24.3 Å². The summed E-state index contributed by atoms with van der Waals surface area (Å²) >= 11 is 0. The van der Waals surface area contributed by atoms with Crippen molar-refractivity contribution in [3.8, 4) is 34.0 Å². The van der Waals surface area contributed by atoms with Crippen LogP contribution in [-0.4, -0.2) is 200 Å². The molecule has 15 rings (SSSR count). The molecule has 7 fully saturated rings. The number of aromatic hydroxyl groups is 1. The average molecular weight is 1600 g/mol. The van der Waals surface area contributed by atoms with Crippen LogP contribution in [0.2, 0.25) is 0 Å². The summed E-state index contributed by atoms with van der Waals surface area (Å²) in [5, 5.41) is 21.6. The highest BCUT2D eigenvalue weighted by Gasteiger charge is 2.34. The Labute approximate surface area is 667 Å². The van der Waals surface area contributed by atoms with Gasteiger partial charge in [0.2, 0.25) is 31.9 Å². The summed E-state index contributed by atoms with van der Waals surface area (Å²) in [6.07, 6.45) is 19.1. The number of aromatic nitrogens is 2. The number of hydrogen-bond donors (Lipinski definition) is 2. The smallest absolute Gasteiger partial charge is 0.337 e. The number of hydrogen-bond acceptors (Lipinski definition) is 20. The van der Waals surface area contributed by atoms with Crippen LogP contribution in [0.25, 0.3) is 44.3 Å². The van der Waals surface area contributed by atoms with E-state index in [1.165, 1.54) is 99.2 Å². The number of aliphatic hydroxyl groups is 1. The normalized spacial score (nSPS) is 17.4. The maximum atomic E-state index is 12.9. The number of ether oxygens (including phenoxy) is 6. The molecule has 26 nitrogen and oxygen atoms in total. The molecule has 0 bridgehead atoms. The molecule has 114 heavy (non-hydrogen) atoms. The summed E-state index contributed by atoms with van der Waals surface area (Å²) in [7, 11) is -0.971. The highest BCUT2D eigenvalue weighted by atomic mass is 32.2. The van der Waals surface area contributed by atoms with Gasteiger partial charge in [-0.05, 0) is 195 Å². The van der Waals surface area contributed by atoms with Crippen molar-refractivity contribution in [2.75, 3.05) is 139 Å². The number of amides is 2. The van der Waals surface area contributed by atoms with E-state index in [0.717, 1.165) is 149 Å². The molecule has 8 aromatic rings. The first kappa shape index (κ1) is 83.6. The summed E-state index contributed by atoms with van der Waals surface area (Å²) in [4.78, 5) is 82.4. The lowest BCUT2D eigenvalue weighted by molar-refractivity contribution is -0.142. The number of carbonyl (C=O) groups is 6. The molecule has 0 unspecified atom stereocenters. The van der Waals surface area contributed by atoms with E-state index in [-0.39, 0.29) is 49.8 Å². The van der Waals surface area contributed by atoms with E-state index in [9.17, 15) is 55.8 Å². The third kappa shape index (κ3) is 19.7.